The maximum absolute atomic E-state index is 10.6. The fourth-order valence-electron chi connectivity index (χ4n) is 4.92. The van der Waals surface area contributed by atoms with Crippen LogP contribution in [0, 0.1) is 0 Å². The van der Waals surface area contributed by atoms with Gasteiger partial charge in [-0.05, 0) is 29.7 Å². The van der Waals surface area contributed by atoms with Crippen molar-refractivity contribution in [3.8, 4) is 17.2 Å². The number of rotatable bonds is 9. The van der Waals surface area contributed by atoms with Gasteiger partial charge in [0.2, 0.25) is 5.75 Å². The van der Waals surface area contributed by atoms with E-state index in [0.29, 0.717) is 40.7 Å². The summed E-state index contributed by atoms with van der Waals surface area (Å²) in [5.74, 6) is 1.56. The molecular weight excluding hydrogens is 506 g/mol. The van der Waals surface area contributed by atoms with Gasteiger partial charge in [0.25, 0.3) is 0 Å². The van der Waals surface area contributed by atoms with Gasteiger partial charge in [-0.15, -0.1) is 0 Å². The Balaban J connectivity index is 1.66. The van der Waals surface area contributed by atoms with E-state index in [1.807, 2.05) is 42.5 Å². The Bertz CT molecular complexity index is 1420. The maximum Gasteiger partial charge on any atom is 0.203 e. The van der Waals surface area contributed by atoms with Crippen LogP contribution in [0.3, 0.4) is 0 Å². The highest BCUT2D eigenvalue weighted by atomic mass is 16.6. The molecule has 5 atom stereocenters. The molecule has 0 saturated carbocycles. The number of hydrogen-bond acceptors (Lipinski definition) is 11. The van der Waals surface area contributed by atoms with Crippen LogP contribution in [0.2, 0.25) is 0 Å². The molecule has 1 fully saturated rings. The first kappa shape index (κ1) is 26.6. The Morgan fingerprint density at radius 3 is 2.28 bits per heavy atom. The average Bonchev–Trinajstić information content (AvgIpc) is 3.51. The predicted octanol–water partition coefficient (Wildman–Crippen LogP) is 1.42. The molecule has 0 amide bonds. The second-order valence-corrected chi connectivity index (χ2v) is 9.22. The van der Waals surface area contributed by atoms with E-state index in [2.05, 4.69) is 9.97 Å². The van der Waals surface area contributed by atoms with E-state index >= 15 is 0 Å². The van der Waals surface area contributed by atoms with E-state index in [1.165, 1.54) is 18.0 Å². The van der Waals surface area contributed by atoms with Crippen molar-refractivity contribution in [1.82, 2.24) is 19.5 Å². The number of anilines is 1. The molecule has 2 aromatic heterocycles. The molecule has 5 N–H and O–H groups in total. The number of nitrogens with two attached hydrogens (primary N) is 1. The van der Waals surface area contributed by atoms with Crippen LogP contribution in [0.4, 0.5) is 5.82 Å². The van der Waals surface area contributed by atoms with E-state index in [-0.39, 0.29) is 5.82 Å². The third-order valence-electron chi connectivity index (χ3n) is 6.94. The third kappa shape index (κ3) is 4.83. The summed E-state index contributed by atoms with van der Waals surface area (Å²) in [6.45, 7) is -0.454. The number of fused-ring (bicyclic) bond motifs is 1. The lowest BCUT2D eigenvalue weighted by Crippen LogP contribution is -2.33. The fraction of sp³-hybridized carbons (Fsp3) is 0.370. The fourth-order valence-corrected chi connectivity index (χ4v) is 4.92. The van der Waals surface area contributed by atoms with E-state index < -0.39 is 37.1 Å². The van der Waals surface area contributed by atoms with Gasteiger partial charge in [-0.3, -0.25) is 4.57 Å². The largest absolute Gasteiger partial charge is 0.493 e. The Kier molecular flexibility index (Phi) is 7.53. The van der Waals surface area contributed by atoms with Gasteiger partial charge in [-0.2, -0.15) is 0 Å². The molecule has 12 nitrogen and oxygen atoms in total. The zero-order valence-corrected chi connectivity index (χ0v) is 21.8. The number of nitrogens with zero attached hydrogens (tertiary/aromatic N) is 4. The van der Waals surface area contributed by atoms with Crippen LogP contribution < -0.4 is 19.9 Å². The van der Waals surface area contributed by atoms with Crippen molar-refractivity contribution < 1.29 is 34.3 Å². The molecule has 1 saturated heterocycles. The van der Waals surface area contributed by atoms with Gasteiger partial charge in [-0.25, -0.2) is 15.0 Å². The molecule has 206 valence electrons. The van der Waals surface area contributed by atoms with Gasteiger partial charge in [0, 0.05) is 5.92 Å². The highest BCUT2D eigenvalue weighted by Crippen LogP contribution is 2.42. The molecule has 0 radical (unpaired) electrons. The minimum Gasteiger partial charge on any atom is -0.493 e. The Hall–Kier alpha value is -3.97. The monoisotopic (exact) mass is 537 g/mol. The molecule has 0 spiro atoms. The zero-order valence-electron chi connectivity index (χ0n) is 21.8. The molecule has 39 heavy (non-hydrogen) atoms. The molecule has 2 aromatic carbocycles. The Morgan fingerprint density at radius 1 is 1.00 bits per heavy atom. The summed E-state index contributed by atoms with van der Waals surface area (Å²) in [6.07, 6.45) is -2.63. The van der Waals surface area contributed by atoms with Gasteiger partial charge < -0.3 is 40.0 Å². The van der Waals surface area contributed by atoms with Crippen LogP contribution in [0.15, 0.2) is 48.8 Å². The SMILES string of the molecule is COc1cc(C(Cc2ccccc2)c2nc(N)c3ncn([C@@H]4O[C@H](CO)C(O)C4O)c3n2)cc(OC)c1OC. The lowest BCUT2D eigenvalue weighted by atomic mass is 9.90. The first-order valence-electron chi connectivity index (χ1n) is 12.4. The molecular formula is C27H31N5O7. The van der Waals surface area contributed by atoms with E-state index in [0.717, 1.165) is 11.1 Å². The summed E-state index contributed by atoms with van der Waals surface area (Å²) >= 11 is 0. The number of ether oxygens (including phenoxy) is 4. The summed E-state index contributed by atoms with van der Waals surface area (Å²) < 4.78 is 23.9. The molecule has 1 aliphatic rings. The molecule has 0 aliphatic carbocycles. The van der Waals surface area contributed by atoms with Gasteiger partial charge >= 0.3 is 0 Å². The number of nitrogen functional groups attached to an aromatic ring is 1. The molecule has 1 aliphatic heterocycles. The third-order valence-corrected chi connectivity index (χ3v) is 6.94. The summed E-state index contributed by atoms with van der Waals surface area (Å²) in [5.41, 5.74) is 8.83. The maximum atomic E-state index is 10.6. The smallest absolute Gasteiger partial charge is 0.203 e. The van der Waals surface area contributed by atoms with Crippen LogP contribution in [0.5, 0.6) is 17.2 Å². The molecule has 3 heterocycles. The summed E-state index contributed by atoms with van der Waals surface area (Å²) in [5, 5.41) is 30.5. The number of aliphatic hydroxyl groups is 3. The molecule has 3 unspecified atom stereocenters. The topological polar surface area (TPSA) is 167 Å². The van der Waals surface area contributed by atoms with Crippen LogP contribution in [0.25, 0.3) is 11.2 Å². The van der Waals surface area contributed by atoms with Crippen molar-refractivity contribution in [1.29, 1.82) is 0 Å². The average molecular weight is 538 g/mol. The van der Waals surface area contributed by atoms with Crippen molar-refractivity contribution >= 4 is 17.0 Å². The lowest BCUT2D eigenvalue weighted by molar-refractivity contribution is -0.0511. The van der Waals surface area contributed by atoms with E-state index in [9.17, 15) is 15.3 Å². The van der Waals surface area contributed by atoms with E-state index in [1.54, 1.807) is 14.2 Å². The summed E-state index contributed by atoms with van der Waals surface area (Å²) in [7, 11) is 4.64. The van der Waals surface area contributed by atoms with Gasteiger partial charge in [0.1, 0.15) is 29.7 Å². The number of imidazole rings is 1. The van der Waals surface area contributed by atoms with E-state index in [4.69, 9.17) is 29.7 Å². The van der Waals surface area contributed by atoms with Crippen LogP contribution in [0.1, 0.15) is 29.1 Å². The minimum absolute atomic E-state index is 0.144. The molecule has 4 aromatic rings. The van der Waals surface area contributed by atoms with Crippen molar-refractivity contribution in [3.05, 3.63) is 65.7 Å². The minimum atomic E-state index is -1.31. The van der Waals surface area contributed by atoms with Gasteiger partial charge in [0.15, 0.2) is 29.2 Å². The molecule has 5 rings (SSSR count). The van der Waals surface area contributed by atoms with Crippen molar-refractivity contribution in [2.24, 2.45) is 0 Å². The number of hydrogen-bond donors (Lipinski definition) is 4. The normalized spacial score (nSPS) is 21.7. The summed E-state index contributed by atoms with van der Waals surface area (Å²) in [4.78, 5) is 13.8. The first-order chi connectivity index (χ1) is 18.9. The predicted molar refractivity (Wildman–Crippen MR) is 141 cm³/mol. The first-order valence-corrected chi connectivity index (χ1v) is 12.4. The van der Waals surface area contributed by atoms with Gasteiger partial charge in [0.05, 0.1) is 34.3 Å². The second kappa shape index (κ2) is 11.0. The van der Waals surface area contributed by atoms with Crippen molar-refractivity contribution in [3.63, 3.8) is 0 Å². The number of benzene rings is 2. The second-order valence-electron chi connectivity index (χ2n) is 9.22. The standard InChI is InChI=1S/C27H31N5O7/c1-36-17-10-15(11-18(37-2)23(17)38-3)16(9-14-7-5-4-6-8-14)25-30-24(28)20-26(31-25)32(13-29-20)27-22(35)21(34)19(12-33)39-27/h4-8,10-11,13,16,19,21-22,27,33-35H,9,12H2,1-3H3,(H2,28,30,31)/t16?,19-,21?,22?,27-/m1/s1. The van der Waals surface area contributed by atoms with Gasteiger partial charge in [-0.1, -0.05) is 30.3 Å². The Morgan fingerprint density at radius 2 is 1.69 bits per heavy atom. The van der Waals surface area contributed by atoms with Crippen molar-refractivity contribution in [2.75, 3.05) is 33.7 Å². The zero-order chi connectivity index (χ0) is 27.7. The number of aromatic nitrogens is 4. The highest BCUT2D eigenvalue weighted by Gasteiger charge is 2.44. The number of methoxy groups -OCH3 is 3. The number of aliphatic hydroxyl groups excluding tert-OH is 3. The molecule has 12 heteroatoms. The van der Waals surface area contributed by atoms with Crippen LogP contribution >= 0.6 is 0 Å². The van der Waals surface area contributed by atoms with Crippen LogP contribution in [-0.2, 0) is 11.2 Å². The summed E-state index contributed by atoms with van der Waals surface area (Å²) in [6, 6.07) is 13.6. The van der Waals surface area contributed by atoms with Crippen LogP contribution in [-0.4, -0.2) is 81.1 Å². The lowest BCUT2D eigenvalue weighted by Gasteiger charge is -2.21. The highest BCUT2D eigenvalue weighted by molar-refractivity contribution is 5.81. The quantitative estimate of drug-likeness (QED) is 0.244. The molecule has 0 bridgehead atoms. The Labute approximate surface area is 224 Å². The van der Waals surface area contributed by atoms with Crippen molar-refractivity contribution in [2.45, 2.75) is 36.9 Å².